The average Bonchev–Trinajstić information content (AvgIpc) is 2.79. The van der Waals surface area contributed by atoms with Crippen LogP contribution in [0.5, 0.6) is 0 Å². The number of nitrogens with zero attached hydrogens (tertiary/aromatic N) is 1. The molecule has 0 radical (unpaired) electrons. The lowest BCUT2D eigenvalue weighted by Gasteiger charge is -2.37. The second-order valence-corrected chi connectivity index (χ2v) is 6.65. The zero-order valence-electron chi connectivity index (χ0n) is 10.7. The van der Waals surface area contributed by atoms with E-state index in [2.05, 4.69) is 35.8 Å². The van der Waals surface area contributed by atoms with Crippen LogP contribution < -0.4 is 5.32 Å². The smallest absolute Gasteiger partial charge is 0.0172 e. The van der Waals surface area contributed by atoms with Crippen molar-refractivity contribution in [2.75, 3.05) is 25.4 Å². The van der Waals surface area contributed by atoms with E-state index in [4.69, 9.17) is 0 Å². The maximum atomic E-state index is 3.79. The van der Waals surface area contributed by atoms with E-state index in [1.54, 1.807) is 0 Å². The summed E-state index contributed by atoms with van der Waals surface area (Å²) in [5.74, 6) is 1.39. The van der Waals surface area contributed by atoms with Crippen molar-refractivity contribution in [3.05, 3.63) is 0 Å². The van der Waals surface area contributed by atoms with Crippen LogP contribution in [-0.2, 0) is 0 Å². The van der Waals surface area contributed by atoms with Crippen LogP contribution in [0.4, 0.5) is 0 Å². The van der Waals surface area contributed by atoms with Gasteiger partial charge in [-0.1, -0.05) is 6.92 Å². The lowest BCUT2D eigenvalue weighted by molar-refractivity contribution is 0.143. The highest BCUT2D eigenvalue weighted by Gasteiger charge is 2.25. The Bertz CT molecular complexity index is 204. The molecule has 0 spiro atoms. The minimum absolute atomic E-state index is 0.771. The number of thioether (sulfide) groups is 1. The Hall–Kier alpha value is 0.270. The highest BCUT2D eigenvalue weighted by molar-refractivity contribution is 8.00. The van der Waals surface area contributed by atoms with Gasteiger partial charge in [-0.05, 0) is 51.4 Å². The Labute approximate surface area is 105 Å². The van der Waals surface area contributed by atoms with Crippen LogP contribution in [0.1, 0.15) is 39.5 Å². The maximum Gasteiger partial charge on any atom is 0.0172 e. The molecule has 3 atom stereocenters. The molecule has 2 saturated heterocycles. The lowest BCUT2D eigenvalue weighted by Crippen LogP contribution is -2.48. The Kier molecular flexibility index (Phi) is 4.98. The van der Waals surface area contributed by atoms with Crippen molar-refractivity contribution in [1.82, 2.24) is 10.2 Å². The van der Waals surface area contributed by atoms with Crippen molar-refractivity contribution in [3.8, 4) is 0 Å². The van der Waals surface area contributed by atoms with Crippen LogP contribution in [0.3, 0.4) is 0 Å². The summed E-state index contributed by atoms with van der Waals surface area (Å²) >= 11 is 2.16. The van der Waals surface area contributed by atoms with Gasteiger partial charge >= 0.3 is 0 Å². The average molecular weight is 242 g/mol. The molecule has 0 saturated carbocycles. The van der Waals surface area contributed by atoms with Gasteiger partial charge in [-0.15, -0.1) is 0 Å². The number of hydrogen-bond donors (Lipinski definition) is 1. The Balaban J connectivity index is 1.67. The molecule has 1 N–H and O–H groups in total. The van der Waals surface area contributed by atoms with E-state index in [0.717, 1.165) is 17.3 Å². The molecule has 94 valence electrons. The first-order chi connectivity index (χ1) is 7.79. The highest BCUT2D eigenvalue weighted by Crippen LogP contribution is 2.26. The van der Waals surface area contributed by atoms with Gasteiger partial charge in [0.2, 0.25) is 0 Å². The van der Waals surface area contributed by atoms with Crippen molar-refractivity contribution in [1.29, 1.82) is 0 Å². The van der Waals surface area contributed by atoms with Crippen LogP contribution in [-0.4, -0.2) is 47.6 Å². The molecule has 3 heteroatoms. The topological polar surface area (TPSA) is 15.3 Å². The van der Waals surface area contributed by atoms with Crippen LogP contribution in [0.15, 0.2) is 0 Å². The van der Waals surface area contributed by atoms with Gasteiger partial charge < -0.3 is 10.2 Å². The fourth-order valence-corrected chi connectivity index (χ4v) is 4.19. The van der Waals surface area contributed by atoms with Gasteiger partial charge in [-0.25, -0.2) is 0 Å². The summed E-state index contributed by atoms with van der Waals surface area (Å²) in [5, 5.41) is 4.69. The van der Waals surface area contributed by atoms with Gasteiger partial charge in [0.1, 0.15) is 0 Å². The summed E-state index contributed by atoms with van der Waals surface area (Å²) in [6, 6.07) is 1.55. The van der Waals surface area contributed by atoms with Crippen LogP contribution in [0, 0.1) is 0 Å². The van der Waals surface area contributed by atoms with Crippen LogP contribution in [0.25, 0.3) is 0 Å². The molecule has 2 nitrogen and oxygen atoms in total. The first-order valence-corrected chi connectivity index (χ1v) is 7.93. The molecule has 0 aromatic heterocycles. The molecule has 0 aromatic rings. The van der Waals surface area contributed by atoms with E-state index < -0.39 is 0 Å². The Morgan fingerprint density at radius 2 is 2.25 bits per heavy atom. The summed E-state index contributed by atoms with van der Waals surface area (Å²) < 4.78 is 0. The Morgan fingerprint density at radius 3 is 2.88 bits per heavy atom. The first kappa shape index (κ1) is 12.7. The third-order valence-corrected chi connectivity index (χ3v) is 5.48. The predicted octanol–water partition coefficient (Wildman–Crippen LogP) is 2.34. The second kappa shape index (κ2) is 6.27. The standard InChI is InChI=1S/C13H26N2S/c1-3-15-7-6-12(9-11(15)2)14-10-13-5-4-8-16-13/h11-14H,3-10H2,1-2H3. The van der Waals surface area contributed by atoms with E-state index in [0.29, 0.717) is 0 Å². The first-order valence-electron chi connectivity index (χ1n) is 6.88. The molecular weight excluding hydrogens is 216 g/mol. The van der Waals surface area contributed by atoms with Gasteiger partial charge in [0.05, 0.1) is 0 Å². The number of likely N-dealkylation sites (tertiary alicyclic amines) is 1. The SMILES string of the molecule is CCN1CCC(NCC2CCCS2)CC1C. The monoisotopic (exact) mass is 242 g/mol. The summed E-state index contributed by atoms with van der Waals surface area (Å²) in [4.78, 5) is 2.60. The summed E-state index contributed by atoms with van der Waals surface area (Å²) in [5.41, 5.74) is 0. The second-order valence-electron chi connectivity index (χ2n) is 5.24. The van der Waals surface area contributed by atoms with Crippen LogP contribution >= 0.6 is 11.8 Å². The molecule has 16 heavy (non-hydrogen) atoms. The third-order valence-electron chi connectivity index (χ3n) is 4.08. The molecule has 2 aliphatic heterocycles. The van der Waals surface area contributed by atoms with E-state index >= 15 is 0 Å². The third kappa shape index (κ3) is 3.38. The van der Waals surface area contributed by atoms with Crippen molar-refractivity contribution in [2.24, 2.45) is 0 Å². The zero-order chi connectivity index (χ0) is 11.4. The minimum Gasteiger partial charge on any atom is -0.313 e. The van der Waals surface area contributed by atoms with E-state index in [1.165, 1.54) is 51.1 Å². The van der Waals surface area contributed by atoms with Gasteiger partial charge in [0.15, 0.2) is 0 Å². The van der Waals surface area contributed by atoms with E-state index in [9.17, 15) is 0 Å². The van der Waals surface area contributed by atoms with Gasteiger partial charge in [0.25, 0.3) is 0 Å². The molecule has 0 aliphatic carbocycles. The predicted molar refractivity (Wildman–Crippen MR) is 73.2 cm³/mol. The fourth-order valence-electron chi connectivity index (χ4n) is 2.98. The number of rotatable bonds is 4. The molecule has 0 amide bonds. The van der Waals surface area contributed by atoms with Crippen molar-refractivity contribution in [2.45, 2.75) is 56.9 Å². The fraction of sp³-hybridized carbons (Fsp3) is 1.00. The van der Waals surface area contributed by atoms with Crippen molar-refractivity contribution in [3.63, 3.8) is 0 Å². The summed E-state index contributed by atoms with van der Waals surface area (Å²) in [6.07, 6.45) is 5.55. The minimum atomic E-state index is 0.771. The molecule has 2 rings (SSSR count). The molecule has 3 unspecified atom stereocenters. The lowest BCUT2D eigenvalue weighted by atomic mass is 9.98. The van der Waals surface area contributed by atoms with Crippen molar-refractivity contribution >= 4 is 11.8 Å². The van der Waals surface area contributed by atoms with Gasteiger partial charge in [-0.3, -0.25) is 0 Å². The molecular formula is C13H26N2S. The van der Waals surface area contributed by atoms with Crippen LogP contribution in [0.2, 0.25) is 0 Å². The number of piperidine rings is 1. The van der Waals surface area contributed by atoms with Gasteiger partial charge in [-0.2, -0.15) is 11.8 Å². The zero-order valence-corrected chi connectivity index (χ0v) is 11.6. The molecule has 2 heterocycles. The molecule has 2 aliphatic rings. The largest absolute Gasteiger partial charge is 0.313 e. The normalized spacial score (nSPS) is 36.8. The van der Waals surface area contributed by atoms with E-state index in [1.807, 2.05) is 0 Å². The highest BCUT2D eigenvalue weighted by atomic mass is 32.2. The Morgan fingerprint density at radius 1 is 1.38 bits per heavy atom. The molecule has 0 aromatic carbocycles. The molecule has 0 bridgehead atoms. The summed E-state index contributed by atoms with van der Waals surface area (Å²) in [6.45, 7) is 8.40. The number of nitrogens with one attached hydrogen (secondary N) is 1. The number of hydrogen-bond acceptors (Lipinski definition) is 3. The quantitative estimate of drug-likeness (QED) is 0.814. The van der Waals surface area contributed by atoms with Gasteiger partial charge in [0, 0.05) is 23.9 Å². The maximum absolute atomic E-state index is 3.79. The molecule has 2 fully saturated rings. The van der Waals surface area contributed by atoms with E-state index in [-0.39, 0.29) is 0 Å². The van der Waals surface area contributed by atoms with Crippen molar-refractivity contribution < 1.29 is 0 Å². The summed E-state index contributed by atoms with van der Waals surface area (Å²) in [7, 11) is 0.